The number of aliphatic hydroxyl groups is 1. The van der Waals surface area contributed by atoms with Crippen LogP contribution in [0.25, 0.3) is 0 Å². The van der Waals surface area contributed by atoms with E-state index in [4.69, 9.17) is 4.74 Å². The third kappa shape index (κ3) is 4.75. The van der Waals surface area contributed by atoms with E-state index in [0.717, 1.165) is 5.56 Å². The van der Waals surface area contributed by atoms with Crippen LogP contribution in [-0.4, -0.2) is 23.3 Å². The minimum absolute atomic E-state index is 0.124. The van der Waals surface area contributed by atoms with Crippen LogP contribution in [-0.2, 0) is 10.3 Å². The van der Waals surface area contributed by atoms with Gasteiger partial charge in [0.2, 0.25) is 0 Å². The largest absolute Gasteiger partial charge is 0.444 e. The molecule has 0 aliphatic carbocycles. The van der Waals surface area contributed by atoms with Gasteiger partial charge >= 0.3 is 6.09 Å². The molecule has 0 saturated carbocycles. The van der Waals surface area contributed by atoms with Crippen molar-refractivity contribution >= 4 is 17.4 Å². The van der Waals surface area contributed by atoms with E-state index in [1.165, 1.54) is 11.3 Å². The highest BCUT2D eigenvalue weighted by Gasteiger charge is 2.25. The van der Waals surface area contributed by atoms with Crippen LogP contribution >= 0.6 is 11.3 Å². The maximum atomic E-state index is 11.4. The van der Waals surface area contributed by atoms with Gasteiger partial charge in [0.25, 0.3) is 0 Å². The maximum Gasteiger partial charge on any atom is 0.407 e. The van der Waals surface area contributed by atoms with E-state index in [2.05, 4.69) is 5.32 Å². The molecule has 0 bridgehead atoms. The Balaban J connectivity index is 2.48. The fourth-order valence-corrected chi connectivity index (χ4v) is 2.01. The summed E-state index contributed by atoms with van der Waals surface area (Å²) < 4.78 is 5.09. The Labute approximate surface area is 106 Å². The summed E-state index contributed by atoms with van der Waals surface area (Å²) in [7, 11) is 0. The number of amides is 1. The summed E-state index contributed by atoms with van der Waals surface area (Å²) in [4.78, 5) is 11.4. The molecule has 1 atom stereocenters. The molecule has 1 aromatic heterocycles. The molecule has 0 radical (unpaired) electrons. The summed E-state index contributed by atoms with van der Waals surface area (Å²) in [5.74, 6) is 0. The standard InChI is InChI=1S/C12H19NO3S/c1-11(2,3)16-10(14)13-8-12(4,15)9-5-6-17-7-9/h5-7,15H,8H2,1-4H3,(H,13,14)/t12-/m1/s1. The van der Waals surface area contributed by atoms with Crippen LogP contribution in [0.1, 0.15) is 33.3 Å². The molecule has 0 aliphatic rings. The van der Waals surface area contributed by atoms with Gasteiger partial charge in [-0.3, -0.25) is 0 Å². The second-order valence-corrected chi connectivity index (χ2v) is 5.92. The summed E-state index contributed by atoms with van der Waals surface area (Å²) >= 11 is 1.51. The highest BCUT2D eigenvalue weighted by atomic mass is 32.1. The Hall–Kier alpha value is -1.07. The predicted octanol–water partition coefficient (Wildman–Crippen LogP) is 2.48. The van der Waals surface area contributed by atoms with E-state index < -0.39 is 17.3 Å². The van der Waals surface area contributed by atoms with E-state index in [1.54, 1.807) is 27.7 Å². The lowest BCUT2D eigenvalue weighted by atomic mass is 10.00. The second-order valence-electron chi connectivity index (χ2n) is 5.14. The lowest BCUT2D eigenvalue weighted by Crippen LogP contribution is -2.41. The number of ether oxygens (including phenoxy) is 1. The molecule has 2 N–H and O–H groups in total. The molecule has 1 heterocycles. The third-order valence-electron chi connectivity index (χ3n) is 2.12. The Morgan fingerprint density at radius 1 is 1.47 bits per heavy atom. The van der Waals surface area contributed by atoms with Crippen LogP contribution in [0.4, 0.5) is 4.79 Å². The molecule has 96 valence electrons. The van der Waals surface area contributed by atoms with Gasteiger partial charge in [0.1, 0.15) is 11.2 Å². The number of rotatable bonds is 3. The molecule has 4 nitrogen and oxygen atoms in total. The van der Waals surface area contributed by atoms with Crippen molar-refractivity contribution < 1.29 is 14.6 Å². The Morgan fingerprint density at radius 3 is 2.59 bits per heavy atom. The maximum absolute atomic E-state index is 11.4. The Morgan fingerprint density at radius 2 is 2.12 bits per heavy atom. The lowest BCUT2D eigenvalue weighted by molar-refractivity contribution is 0.0318. The van der Waals surface area contributed by atoms with E-state index in [-0.39, 0.29) is 6.54 Å². The number of nitrogens with one attached hydrogen (secondary N) is 1. The first-order valence-corrected chi connectivity index (χ1v) is 6.37. The van der Waals surface area contributed by atoms with Gasteiger partial charge in [0, 0.05) is 0 Å². The minimum Gasteiger partial charge on any atom is -0.444 e. The van der Waals surface area contributed by atoms with Crippen LogP contribution in [0.2, 0.25) is 0 Å². The zero-order valence-electron chi connectivity index (χ0n) is 10.6. The van der Waals surface area contributed by atoms with Crippen molar-refractivity contribution in [2.75, 3.05) is 6.54 Å². The molecule has 0 fully saturated rings. The van der Waals surface area contributed by atoms with Gasteiger partial charge in [0.05, 0.1) is 6.54 Å². The van der Waals surface area contributed by atoms with E-state index in [0.29, 0.717) is 0 Å². The predicted molar refractivity (Wildman–Crippen MR) is 68.1 cm³/mol. The summed E-state index contributed by atoms with van der Waals surface area (Å²) in [5, 5.41) is 16.5. The smallest absolute Gasteiger partial charge is 0.407 e. The Kier molecular flexibility index (Phi) is 4.16. The summed E-state index contributed by atoms with van der Waals surface area (Å²) in [6.45, 7) is 7.17. The van der Waals surface area contributed by atoms with E-state index in [1.807, 2.05) is 16.8 Å². The summed E-state index contributed by atoms with van der Waals surface area (Å²) in [5.41, 5.74) is -0.812. The number of carbonyl (C=O) groups excluding carboxylic acids is 1. The van der Waals surface area contributed by atoms with Gasteiger partial charge in [-0.25, -0.2) is 4.79 Å². The first-order valence-electron chi connectivity index (χ1n) is 5.43. The fourth-order valence-electron chi connectivity index (χ4n) is 1.23. The van der Waals surface area contributed by atoms with Crippen molar-refractivity contribution in [3.63, 3.8) is 0 Å². The quantitative estimate of drug-likeness (QED) is 0.874. The number of hydrogen-bond acceptors (Lipinski definition) is 4. The number of carbonyl (C=O) groups is 1. The SMILES string of the molecule is CC(C)(C)OC(=O)NC[C@@](C)(O)c1ccsc1. The molecular weight excluding hydrogens is 238 g/mol. The second kappa shape index (κ2) is 5.06. The van der Waals surface area contributed by atoms with Crippen LogP contribution in [0.5, 0.6) is 0 Å². The minimum atomic E-state index is -1.07. The monoisotopic (exact) mass is 257 g/mol. The average Bonchev–Trinajstić information content (AvgIpc) is 2.65. The van der Waals surface area contributed by atoms with Crippen molar-refractivity contribution in [3.8, 4) is 0 Å². The van der Waals surface area contributed by atoms with Gasteiger partial charge < -0.3 is 15.2 Å². The Bertz CT molecular complexity index is 366. The van der Waals surface area contributed by atoms with Crippen molar-refractivity contribution in [3.05, 3.63) is 22.4 Å². The molecule has 0 saturated heterocycles. The third-order valence-corrected chi connectivity index (χ3v) is 2.80. The fraction of sp³-hybridized carbons (Fsp3) is 0.583. The van der Waals surface area contributed by atoms with Crippen molar-refractivity contribution in [2.45, 2.75) is 38.9 Å². The van der Waals surface area contributed by atoms with Gasteiger partial charge in [-0.05, 0) is 50.1 Å². The normalized spacial score (nSPS) is 15.1. The molecule has 0 unspecified atom stereocenters. The van der Waals surface area contributed by atoms with Gasteiger partial charge in [-0.1, -0.05) is 0 Å². The molecule has 1 amide bonds. The molecule has 0 spiro atoms. The zero-order valence-corrected chi connectivity index (χ0v) is 11.4. The number of thiophene rings is 1. The van der Waals surface area contributed by atoms with Crippen molar-refractivity contribution in [2.24, 2.45) is 0 Å². The average molecular weight is 257 g/mol. The van der Waals surface area contributed by atoms with Gasteiger partial charge in [0.15, 0.2) is 0 Å². The van der Waals surface area contributed by atoms with Crippen LogP contribution < -0.4 is 5.32 Å². The summed E-state index contributed by atoms with van der Waals surface area (Å²) in [6.07, 6.45) is -0.520. The first kappa shape index (κ1) is 14.0. The molecule has 0 aliphatic heterocycles. The van der Waals surface area contributed by atoms with Crippen molar-refractivity contribution in [1.29, 1.82) is 0 Å². The highest BCUT2D eigenvalue weighted by molar-refractivity contribution is 7.08. The van der Waals surface area contributed by atoms with Crippen LogP contribution in [0, 0.1) is 0 Å². The van der Waals surface area contributed by atoms with E-state index >= 15 is 0 Å². The molecule has 5 heteroatoms. The highest BCUT2D eigenvalue weighted by Crippen LogP contribution is 2.22. The van der Waals surface area contributed by atoms with Crippen LogP contribution in [0.3, 0.4) is 0 Å². The van der Waals surface area contributed by atoms with Gasteiger partial charge in [-0.2, -0.15) is 11.3 Å². The number of hydrogen-bond donors (Lipinski definition) is 2. The van der Waals surface area contributed by atoms with E-state index in [9.17, 15) is 9.90 Å². The number of alkyl carbamates (subject to hydrolysis) is 1. The lowest BCUT2D eigenvalue weighted by Gasteiger charge is -2.25. The molecule has 1 rings (SSSR count). The first-order chi connectivity index (χ1) is 7.71. The summed E-state index contributed by atoms with van der Waals surface area (Å²) in [6, 6.07) is 1.83. The zero-order chi connectivity index (χ0) is 13.1. The van der Waals surface area contributed by atoms with Crippen LogP contribution in [0.15, 0.2) is 16.8 Å². The van der Waals surface area contributed by atoms with Gasteiger partial charge in [-0.15, -0.1) is 0 Å². The topological polar surface area (TPSA) is 58.6 Å². The van der Waals surface area contributed by atoms with Crippen molar-refractivity contribution in [1.82, 2.24) is 5.32 Å². The molecule has 0 aromatic carbocycles. The molecule has 1 aromatic rings. The molecule has 17 heavy (non-hydrogen) atoms. The molecular formula is C12H19NO3S.